The van der Waals surface area contributed by atoms with Crippen molar-refractivity contribution in [1.82, 2.24) is 14.5 Å². The van der Waals surface area contributed by atoms with Gasteiger partial charge in [-0.3, -0.25) is 14.3 Å². The summed E-state index contributed by atoms with van der Waals surface area (Å²) in [6.07, 6.45) is 7.02. The molecule has 0 radical (unpaired) electrons. The number of hydrogen-bond donors (Lipinski definition) is 1. The summed E-state index contributed by atoms with van der Waals surface area (Å²) in [7, 11) is 0. The number of rotatable bonds is 3. The molecule has 138 valence electrons. The van der Waals surface area contributed by atoms with Crippen LogP contribution in [0.25, 0.3) is 0 Å². The van der Waals surface area contributed by atoms with E-state index in [4.69, 9.17) is 0 Å². The average molecular weight is 355 g/mol. The maximum absolute atomic E-state index is 12.6. The van der Waals surface area contributed by atoms with Crippen molar-refractivity contribution in [3.63, 3.8) is 0 Å². The van der Waals surface area contributed by atoms with Crippen molar-refractivity contribution in [1.29, 1.82) is 0 Å². The van der Waals surface area contributed by atoms with E-state index in [1.54, 1.807) is 12.3 Å². The molecule has 2 aromatic heterocycles. The van der Waals surface area contributed by atoms with Gasteiger partial charge in [-0.2, -0.15) is 0 Å². The molecule has 26 heavy (non-hydrogen) atoms. The molecule has 0 unspecified atom stereocenters. The normalized spacial score (nSPS) is 18.9. The molecule has 4 rings (SSSR count). The highest BCUT2D eigenvalue weighted by Crippen LogP contribution is 2.26. The lowest BCUT2D eigenvalue weighted by atomic mass is 9.95. The summed E-state index contributed by atoms with van der Waals surface area (Å²) >= 11 is 0. The number of nitrogens with zero attached hydrogens (tertiary/aromatic N) is 4. The van der Waals surface area contributed by atoms with Crippen molar-refractivity contribution < 1.29 is 0 Å². The second kappa shape index (κ2) is 7.35. The SMILES string of the molecule is O=c1cc(N2CCN(c3ccccn3)CC2)[nH]c(=O)n1C1CCCCC1. The molecule has 2 aliphatic rings. The van der Waals surface area contributed by atoms with Gasteiger partial charge in [0.15, 0.2) is 0 Å². The van der Waals surface area contributed by atoms with Gasteiger partial charge >= 0.3 is 5.69 Å². The van der Waals surface area contributed by atoms with Gasteiger partial charge in [0.05, 0.1) is 0 Å². The smallest absolute Gasteiger partial charge is 0.330 e. The molecular formula is C19H25N5O2. The Morgan fingerprint density at radius 1 is 0.962 bits per heavy atom. The van der Waals surface area contributed by atoms with Gasteiger partial charge in [-0.1, -0.05) is 25.3 Å². The third kappa shape index (κ3) is 3.38. The third-order valence-corrected chi connectivity index (χ3v) is 5.48. The molecule has 0 bridgehead atoms. The zero-order chi connectivity index (χ0) is 17.9. The van der Waals surface area contributed by atoms with Crippen LogP contribution in [-0.2, 0) is 0 Å². The Morgan fingerprint density at radius 3 is 2.35 bits per heavy atom. The first-order valence-corrected chi connectivity index (χ1v) is 9.49. The number of anilines is 2. The van der Waals surface area contributed by atoms with Crippen LogP contribution in [0.15, 0.2) is 40.1 Å². The lowest BCUT2D eigenvalue weighted by molar-refractivity contribution is 0.336. The van der Waals surface area contributed by atoms with Crippen LogP contribution in [0, 0.1) is 0 Å². The molecule has 1 aliphatic heterocycles. The zero-order valence-corrected chi connectivity index (χ0v) is 14.9. The Labute approximate surface area is 152 Å². The van der Waals surface area contributed by atoms with Crippen molar-refractivity contribution in [3.8, 4) is 0 Å². The van der Waals surface area contributed by atoms with Crippen molar-refractivity contribution in [2.45, 2.75) is 38.1 Å². The minimum atomic E-state index is -0.272. The van der Waals surface area contributed by atoms with E-state index < -0.39 is 0 Å². The molecule has 1 N–H and O–H groups in total. The Morgan fingerprint density at radius 2 is 1.69 bits per heavy atom. The first-order valence-electron chi connectivity index (χ1n) is 9.49. The van der Waals surface area contributed by atoms with Gasteiger partial charge in [0, 0.05) is 44.5 Å². The molecule has 3 heterocycles. The molecule has 0 atom stereocenters. The molecule has 2 fully saturated rings. The summed E-state index contributed by atoms with van der Waals surface area (Å²) in [5, 5.41) is 0. The average Bonchev–Trinajstić information content (AvgIpc) is 2.69. The fourth-order valence-corrected chi connectivity index (χ4v) is 4.07. The van der Waals surface area contributed by atoms with E-state index >= 15 is 0 Å². The van der Waals surface area contributed by atoms with Crippen LogP contribution in [0.2, 0.25) is 0 Å². The van der Waals surface area contributed by atoms with Crippen LogP contribution in [0.5, 0.6) is 0 Å². The number of pyridine rings is 1. The van der Waals surface area contributed by atoms with Gasteiger partial charge in [0.1, 0.15) is 11.6 Å². The van der Waals surface area contributed by atoms with Crippen molar-refractivity contribution >= 4 is 11.6 Å². The third-order valence-electron chi connectivity index (χ3n) is 5.48. The summed E-state index contributed by atoms with van der Waals surface area (Å²) in [6, 6.07) is 7.54. The van der Waals surface area contributed by atoms with Gasteiger partial charge in [-0.25, -0.2) is 9.78 Å². The van der Waals surface area contributed by atoms with Crippen LogP contribution in [0.3, 0.4) is 0 Å². The van der Waals surface area contributed by atoms with Gasteiger partial charge in [0.2, 0.25) is 0 Å². The zero-order valence-electron chi connectivity index (χ0n) is 14.9. The number of aromatic amines is 1. The van der Waals surface area contributed by atoms with Crippen LogP contribution in [-0.4, -0.2) is 40.7 Å². The summed E-state index contributed by atoms with van der Waals surface area (Å²) in [5.74, 6) is 1.60. The molecule has 1 aliphatic carbocycles. The Hall–Kier alpha value is -2.57. The maximum atomic E-state index is 12.6. The minimum absolute atomic E-state index is 0.0510. The summed E-state index contributed by atoms with van der Waals surface area (Å²) in [4.78, 5) is 36.8. The van der Waals surface area contributed by atoms with Crippen LogP contribution in [0.4, 0.5) is 11.6 Å². The standard InChI is InChI=1S/C19H25N5O2/c25-18-14-17(21-19(26)24(18)15-6-2-1-3-7-15)23-12-10-22(11-13-23)16-8-4-5-9-20-16/h4-5,8-9,14-15H,1-3,6-7,10-13H2,(H,21,26). The highest BCUT2D eigenvalue weighted by Gasteiger charge is 2.22. The molecular weight excluding hydrogens is 330 g/mol. The van der Waals surface area contributed by atoms with E-state index in [1.165, 1.54) is 11.0 Å². The molecule has 7 heteroatoms. The Bertz CT molecular complexity index is 815. The van der Waals surface area contributed by atoms with Gasteiger partial charge in [0.25, 0.3) is 5.56 Å². The van der Waals surface area contributed by atoms with Crippen LogP contribution >= 0.6 is 0 Å². The fourth-order valence-electron chi connectivity index (χ4n) is 4.07. The Balaban J connectivity index is 1.49. The molecule has 1 saturated carbocycles. The Kier molecular flexibility index (Phi) is 4.77. The van der Waals surface area contributed by atoms with E-state index in [-0.39, 0.29) is 17.3 Å². The van der Waals surface area contributed by atoms with E-state index in [0.717, 1.165) is 57.7 Å². The van der Waals surface area contributed by atoms with Crippen molar-refractivity contribution in [3.05, 3.63) is 51.3 Å². The quantitative estimate of drug-likeness (QED) is 0.908. The lowest BCUT2D eigenvalue weighted by Crippen LogP contribution is -2.48. The predicted molar refractivity (Wildman–Crippen MR) is 102 cm³/mol. The van der Waals surface area contributed by atoms with E-state index in [9.17, 15) is 9.59 Å². The second-order valence-electron chi connectivity index (χ2n) is 7.12. The fraction of sp³-hybridized carbons (Fsp3) is 0.526. The van der Waals surface area contributed by atoms with Crippen LogP contribution < -0.4 is 21.0 Å². The van der Waals surface area contributed by atoms with E-state index in [1.807, 2.05) is 18.2 Å². The molecule has 0 amide bonds. The van der Waals surface area contributed by atoms with E-state index in [2.05, 4.69) is 19.8 Å². The minimum Gasteiger partial charge on any atom is -0.354 e. The number of H-pyrrole nitrogens is 1. The molecule has 0 aromatic carbocycles. The number of hydrogen-bond acceptors (Lipinski definition) is 5. The largest absolute Gasteiger partial charge is 0.354 e. The number of nitrogens with one attached hydrogen (secondary N) is 1. The monoisotopic (exact) mass is 355 g/mol. The number of piperazine rings is 1. The van der Waals surface area contributed by atoms with Crippen molar-refractivity contribution in [2.24, 2.45) is 0 Å². The molecule has 0 spiro atoms. The summed E-state index contributed by atoms with van der Waals surface area (Å²) in [6.45, 7) is 3.12. The highest BCUT2D eigenvalue weighted by molar-refractivity contribution is 5.44. The first kappa shape index (κ1) is 16.9. The highest BCUT2D eigenvalue weighted by atomic mass is 16.2. The summed E-state index contributed by atoms with van der Waals surface area (Å²) in [5.41, 5.74) is -0.450. The second-order valence-corrected chi connectivity index (χ2v) is 7.12. The van der Waals surface area contributed by atoms with Crippen LogP contribution in [0.1, 0.15) is 38.1 Å². The maximum Gasteiger partial charge on any atom is 0.330 e. The van der Waals surface area contributed by atoms with Gasteiger partial charge in [-0.15, -0.1) is 0 Å². The summed E-state index contributed by atoms with van der Waals surface area (Å²) < 4.78 is 1.42. The number of aromatic nitrogens is 3. The molecule has 2 aromatic rings. The molecule has 7 nitrogen and oxygen atoms in total. The van der Waals surface area contributed by atoms with Gasteiger partial charge < -0.3 is 9.80 Å². The lowest BCUT2D eigenvalue weighted by Gasteiger charge is -2.36. The molecule has 1 saturated heterocycles. The topological polar surface area (TPSA) is 74.2 Å². The van der Waals surface area contributed by atoms with Crippen molar-refractivity contribution in [2.75, 3.05) is 36.0 Å². The first-order chi connectivity index (χ1) is 12.7. The predicted octanol–water partition coefficient (Wildman–Crippen LogP) is 1.76. The van der Waals surface area contributed by atoms with Gasteiger partial charge in [-0.05, 0) is 25.0 Å². The van der Waals surface area contributed by atoms with E-state index in [0.29, 0.717) is 5.82 Å².